The Kier molecular flexibility index (Phi) is 5.27. The molecule has 6 nitrogen and oxygen atoms in total. The SMILES string of the molecule is CC1CCN(C(=O)[C@@H]2CCCN(S(=O)(=O)N(C)C)C2)CC1. The first kappa shape index (κ1) is 16.7. The lowest BCUT2D eigenvalue weighted by atomic mass is 9.94. The summed E-state index contributed by atoms with van der Waals surface area (Å²) < 4.78 is 27.1. The highest BCUT2D eigenvalue weighted by Crippen LogP contribution is 2.24. The second kappa shape index (κ2) is 6.62. The van der Waals surface area contributed by atoms with Crippen LogP contribution in [-0.2, 0) is 15.0 Å². The highest BCUT2D eigenvalue weighted by atomic mass is 32.2. The van der Waals surface area contributed by atoms with Crippen molar-refractivity contribution in [3.05, 3.63) is 0 Å². The van der Waals surface area contributed by atoms with Crippen LogP contribution in [0.5, 0.6) is 0 Å². The number of carbonyl (C=O) groups excluding carboxylic acids is 1. The Bertz CT molecular complexity index is 470. The summed E-state index contributed by atoms with van der Waals surface area (Å²) in [6, 6.07) is 0. The Labute approximate surface area is 128 Å². The maximum Gasteiger partial charge on any atom is 0.281 e. The third-order valence-corrected chi connectivity index (χ3v) is 6.52. The monoisotopic (exact) mass is 317 g/mol. The summed E-state index contributed by atoms with van der Waals surface area (Å²) in [6.45, 7) is 4.69. The van der Waals surface area contributed by atoms with Gasteiger partial charge in [0.1, 0.15) is 0 Å². The van der Waals surface area contributed by atoms with Crippen LogP contribution in [0.15, 0.2) is 0 Å². The summed E-state index contributed by atoms with van der Waals surface area (Å²) in [7, 11) is -0.341. The molecule has 2 fully saturated rings. The molecule has 0 bridgehead atoms. The first-order chi connectivity index (χ1) is 9.82. The van der Waals surface area contributed by atoms with E-state index in [0.717, 1.165) is 38.8 Å². The molecule has 0 unspecified atom stereocenters. The van der Waals surface area contributed by atoms with Gasteiger partial charge >= 0.3 is 0 Å². The van der Waals surface area contributed by atoms with Gasteiger partial charge in [-0.05, 0) is 31.6 Å². The number of piperidine rings is 2. The van der Waals surface area contributed by atoms with Crippen LogP contribution in [0.25, 0.3) is 0 Å². The van der Waals surface area contributed by atoms with Crippen LogP contribution in [-0.4, -0.2) is 68.1 Å². The number of amides is 1. The molecular formula is C14H27N3O3S. The van der Waals surface area contributed by atoms with E-state index in [4.69, 9.17) is 0 Å². The highest BCUT2D eigenvalue weighted by molar-refractivity contribution is 7.86. The molecule has 0 aromatic rings. The molecule has 0 aliphatic carbocycles. The van der Waals surface area contributed by atoms with Gasteiger partial charge < -0.3 is 4.90 Å². The minimum atomic E-state index is -3.41. The van der Waals surface area contributed by atoms with E-state index in [-0.39, 0.29) is 11.8 Å². The second-order valence-electron chi connectivity index (χ2n) is 6.50. The first-order valence-electron chi connectivity index (χ1n) is 7.78. The lowest BCUT2D eigenvalue weighted by Gasteiger charge is -2.37. The van der Waals surface area contributed by atoms with Crippen molar-refractivity contribution in [1.29, 1.82) is 0 Å². The van der Waals surface area contributed by atoms with E-state index in [2.05, 4.69) is 6.92 Å². The fourth-order valence-electron chi connectivity index (χ4n) is 3.07. The molecule has 0 saturated carbocycles. The van der Waals surface area contributed by atoms with Gasteiger partial charge in [-0.2, -0.15) is 17.0 Å². The molecule has 0 radical (unpaired) electrons. The molecular weight excluding hydrogens is 290 g/mol. The third kappa shape index (κ3) is 3.76. The normalized spacial score (nSPS) is 26.3. The zero-order valence-corrected chi connectivity index (χ0v) is 14.1. The minimum Gasteiger partial charge on any atom is -0.342 e. The molecule has 0 aromatic carbocycles. The minimum absolute atomic E-state index is 0.139. The van der Waals surface area contributed by atoms with Crippen LogP contribution in [0.3, 0.4) is 0 Å². The van der Waals surface area contributed by atoms with Crippen molar-refractivity contribution in [2.24, 2.45) is 11.8 Å². The van der Waals surface area contributed by atoms with Crippen LogP contribution in [0, 0.1) is 11.8 Å². The first-order valence-corrected chi connectivity index (χ1v) is 9.18. The van der Waals surface area contributed by atoms with Gasteiger partial charge in [0.15, 0.2) is 0 Å². The Hall–Kier alpha value is -0.660. The van der Waals surface area contributed by atoms with Gasteiger partial charge in [-0.25, -0.2) is 0 Å². The maximum absolute atomic E-state index is 12.6. The quantitative estimate of drug-likeness (QED) is 0.772. The Morgan fingerprint density at radius 2 is 1.71 bits per heavy atom. The molecule has 7 heteroatoms. The van der Waals surface area contributed by atoms with Crippen molar-refractivity contribution in [3.63, 3.8) is 0 Å². The van der Waals surface area contributed by atoms with Gasteiger partial charge in [0, 0.05) is 40.3 Å². The van der Waals surface area contributed by atoms with Crippen molar-refractivity contribution in [3.8, 4) is 0 Å². The number of nitrogens with zero attached hydrogens (tertiary/aromatic N) is 3. The maximum atomic E-state index is 12.6. The topological polar surface area (TPSA) is 60.9 Å². The molecule has 2 heterocycles. The number of hydrogen-bond acceptors (Lipinski definition) is 3. The van der Waals surface area contributed by atoms with E-state index in [1.54, 1.807) is 0 Å². The molecule has 2 rings (SSSR count). The van der Waals surface area contributed by atoms with Gasteiger partial charge in [0.25, 0.3) is 10.2 Å². The van der Waals surface area contributed by atoms with Gasteiger partial charge in [0.05, 0.1) is 5.92 Å². The van der Waals surface area contributed by atoms with E-state index in [1.165, 1.54) is 22.7 Å². The molecule has 1 atom stereocenters. The second-order valence-corrected chi connectivity index (χ2v) is 8.64. The average molecular weight is 317 g/mol. The van der Waals surface area contributed by atoms with E-state index in [1.807, 2.05) is 4.90 Å². The largest absolute Gasteiger partial charge is 0.342 e. The smallest absolute Gasteiger partial charge is 0.281 e. The number of carbonyl (C=O) groups is 1. The van der Waals surface area contributed by atoms with Gasteiger partial charge in [0.2, 0.25) is 5.91 Å². The van der Waals surface area contributed by atoms with E-state index >= 15 is 0 Å². The molecule has 21 heavy (non-hydrogen) atoms. The Balaban J connectivity index is 1.99. The van der Waals surface area contributed by atoms with Crippen LogP contribution >= 0.6 is 0 Å². The van der Waals surface area contributed by atoms with Crippen molar-refractivity contribution in [1.82, 2.24) is 13.5 Å². The lowest BCUT2D eigenvalue weighted by molar-refractivity contribution is -0.138. The van der Waals surface area contributed by atoms with Crippen molar-refractivity contribution < 1.29 is 13.2 Å². The third-order valence-electron chi connectivity index (χ3n) is 4.62. The molecule has 0 aromatic heterocycles. The van der Waals surface area contributed by atoms with E-state index in [9.17, 15) is 13.2 Å². The standard InChI is InChI=1S/C14H27N3O3S/c1-12-6-9-16(10-7-12)14(18)13-5-4-8-17(11-13)21(19,20)15(2)3/h12-13H,4-11H2,1-3H3/t13-/m1/s1. The van der Waals surface area contributed by atoms with Crippen molar-refractivity contribution in [2.45, 2.75) is 32.6 Å². The summed E-state index contributed by atoms with van der Waals surface area (Å²) in [6.07, 6.45) is 3.66. The average Bonchev–Trinajstić information content (AvgIpc) is 2.47. The lowest BCUT2D eigenvalue weighted by Crippen LogP contribution is -2.50. The summed E-state index contributed by atoms with van der Waals surface area (Å²) in [5, 5.41) is 0. The van der Waals surface area contributed by atoms with Crippen LogP contribution in [0.4, 0.5) is 0 Å². The molecule has 0 N–H and O–H groups in total. The van der Waals surface area contributed by atoms with Crippen LogP contribution in [0.2, 0.25) is 0 Å². The zero-order chi connectivity index (χ0) is 15.6. The Morgan fingerprint density at radius 3 is 2.29 bits per heavy atom. The van der Waals surface area contributed by atoms with Gasteiger partial charge in [-0.15, -0.1) is 0 Å². The fourth-order valence-corrected chi connectivity index (χ4v) is 4.26. The number of rotatable bonds is 3. The zero-order valence-electron chi connectivity index (χ0n) is 13.3. The molecule has 1 amide bonds. The fraction of sp³-hybridized carbons (Fsp3) is 0.929. The van der Waals surface area contributed by atoms with Crippen molar-refractivity contribution in [2.75, 3.05) is 40.3 Å². The number of hydrogen-bond donors (Lipinski definition) is 0. The molecule has 122 valence electrons. The molecule has 2 aliphatic rings. The van der Waals surface area contributed by atoms with Crippen LogP contribution < -0.4 is 0 Å². The summed E-state index contributed by atoms with van der Waals surface area (Å²) in [5.41, 5.74) is 0. The molecule has 2 aliphatic heterocycles. The van der Waals surface area contributed by atoms with Gasteiger partial charge in [-0.1, -0.05) is 6.92 Å². The Morgan fingerprint density at radius 1 is 1.10 bits per heavy atom. The predicted octanol–water partition coefficient (Wildman–Crippen LogP) is 0.763. The van der Waals surface area contributed by atoms with Crippen molar-refractivity contribution >= 4 is 16.1 Å². The summed E-state index contributed by atoms with van der Waals surface area (Å²) in [5.74, 6) is 0.647. The van der Waals surface area contributed by atoms with Gasteiger partial charge in [-0.3, -0.25) is 4.79 Å². The van der Waals surface area contributed by atoms with E-state index in [0.29, 0.717) is 19.0 Å². The van der Waals surface area contributed by atoms with Crippen LogP contribution in [0.1, 0.15) is 32.6 Å². The summed E-state index contributed by atoms with van der Waals surface area (Å²) in [4.78, 5) is 14.5. The van der Waals surface area contributed by atoms with E-state index < -0.39 is 10.2 Å². The molecule has 2 saturated heterocycles. The number of likely N-dealkylation sites (tertiary alicyclic amines) is 1. The highest BCUT2D eigenvalue weighted by Gasteiger charge is 2.35. The predicted molar refractivity (Wildman–Crippen MR) is 81.9 cm³/mol. The summed E-state index contributed by atoms with van der Waals surface area (Å²) >= 11 is 0. The molecule has 0 spiro atoms.